The molecule has 1 aliphatic heterocycles. The van der Waals surface area contributed by atoms with Crippen LogP contribution in [0.4, 0.5) is 5.69 Å². The van der Waals surface area contributed by atoms with E-state index < -0.39 is 0 Å². The molecule has 1 saturated heterocycles. The number of piperazine rings is 1. The van der Waals surface area contributed by atoms with Crippen LogP contribution in [0.15, 0.2) is 52.3 Å². The number of hydrogen-bond acceptors (Lipinski definition) is 4. The Balaban J connectivity index is 1.75. The predicted molar refractivity (Wildman–Crippen MR) is 107 cm³/mol. The van der Waals surface area contributed by atoms with Crippen LogP contribution in [0.3, 0.4) is 0 Å². The highest BCUT2D eigenvalue weighted by Crippen LogP contribution is 2.37. The number of anilines is 1. The number of hydrogen-bond donors (Lipinski definition) is 0. The molecule has 0 N–H and O–H groups in total. The Morgan fingerprint density at radius 3 is 2.36 bits per heavy atom. The van der Waals surface area contributed by atoms with E-state index in [-0.39, 0.29) is 6.23 Å². The van der Waals surface area contributed by atoms with Crippen molar-refractivity contribution in [3.63, 3.8) is 0 Å². The van der Waals surface area contributed by atoms with Crippen molar-refractivity contribution in [3.8, 4) is 0 Å². The lowest BCUT2D eigenvalue weighted by molar-refractivity contribution is -0.0213. The number of rotatable bonds is 5. The molecule has 0 aromatic heterocycles. The van der Waals surface area contributed by atoms with Crippen LogP contribution in [0.2, 0.25) is 0 Å². The molecule has 0 bridgehead atoms. The van der Waals surface area contributed by atoms with Crippen molar-refractivity contribution < 1.29 is 4.74 Å². The fraction of sp³-hybridized carbons (Fsp3) is 0.429. The highest BCUT2D eigenvalue weighted by atomic mass is 32.2. The minimum atomic E-state index is 0.196. The van der Waals surface area contributed by atoms with Crippen LogP contribution in [0.1, 0.15) is 18.1 Å². The Hall–Kier alpha value is -1.49. The maximum Gasteiger partial charge on any atom is 0.107 e. The van der Waals surface area contributed by atoms with E-state index in [0.29, 0.717) is 0 Å². The second kappa shape index (κ2) is 8.26. The molecule has 4 heteroatoms. The maximum atomic E-state index is 5.46. The molecule has 1 heterocycles. The molecule has 0 unspecified atom stereocenters. The van der Waals surface area contributed by atoms with Gasteiger partial charge < -0.3 is 9.64 Å². The molecule has 3 nitrogen and oxygen atoms in total. The Morgan fingerprint density at radius 1 is 0.960 bits per heavy atom. The molecule has 1 fully saturated rings. The van der Waals surface area contributed by atoms with Crippen LogP contribution < -0.4 is 4.90 Å². The standard InChI is InChI=1S/C21H28N2OS/c1-16-9-10-20(17(2)15-16)25-21-8-6-5-7-19(21)23-13-11-22(12-14-23)18(3)24-4/h5-10,15,18H,11-14H2,1-4H3/t18-/m0/s1. The molecule has 0 spiro atoms. The number of benzene rings is 2. The van der Waals surface area contributed by atoms with Gasteiger partial charge in [0.2, 0.25) is 0 Å². The average Bonchev–Trinajstić information content (AvgIpc) is 2.64. The normalized spacial score (nSPS) is 16.9. The van der Waals surface area contributed by atoms with Crippen LogP contribution in [0, 0.1) is 13.8 Å². The molecule has 3 rings (SSSR count). The minimum absolute atomic E-state index is 0.196. The second-order valence-electron chi connectivity index (χ2n) is 6.70. The second-order valence-corrected chi connectivity index (χ2v) is 7.78. The minimum Gasteiger partial charge on any atom is -0.368 e. The number of methoxy groups -OCH3 is 1. The third kappa shape index (κ3) is 4.38. The molecule has 25 heavy (non-hydrogen) atoms. The molecule has 0 saturated carbocycles. The monoisotopic (exact) mass is 356 g/mol. The first-order valence-electron chi connectivity index (χ1n) is 8.94. The van der Waals surface area contributed by atoms with E-state index in [0.717, 1.165) is 26.2 Å². The highest BCUT2D eigenvalue weighted by Gasteiger charge is 2.22. The Morgan fingerprint density at radius 2 is 1.68 bits per heavy atom. The van der Waals surface area contributed by atoms with Crippen molar-refractivity contribution in [3.05, 3.63) is 53.6 Å². The van der Waals surface area contributed by atoms with Gasteiger partial charge in [0.1, 0.15) is 6.23 Å². The lowest BCUT2D eigenvalue weighted by Crippen LogP contribution is -2.50. The lowest BCUT2D eigenvalue weighted by Gasteiger charge is -2.39. The molecule has 2 aromatic rings. The summed E-state index contributed by atoms with van der Waals surface area (Å²) in [4.78, 5) is 7.58. The van der Waals surface area contributed by atoms with Crippen molar-refractivity contribution in [1.82, 2.24) is 4.90 Å². The van der Waals surface area contributed by atoms with Gasteiger partial charge in [-0.05, 0) is 44.5 Å². The van der Waals surface area contributed by atoms with Gasteiger partial charge in [-0.15, -0.1) is 0 Å². The summed E-state index contributed by atoms with van der Waals surface area (Å²) in [6.07, 6.45) is 0.196. The summed E-state index contributed by atoms with van der Waals surface area (Å²) in [5.74, 6) is 0. The first-order valence-corrected chi connectivity index (χ1v) is 9.76. The number of ether oxygens (including phenoxy) is 1. The van der Waals surface area contributed by atoms with Gasteiger partial charge in [0.15, 0.2) is 0 Å². The summed E-state index contributed by atoms with van der Waals surface area (Å²) >= 11 is 1.87. The van der Waals surface area contributed by atoms with Crippen molar-refractivity contribution in [2.45, 2.75) is 36.8 Å². The van der Waals surface area contributed by atoms with Gasteiger partial charge in [0.25, 0.3) is 0 Å². The third-order valence-corrected chi connectivity index (χ3v) is 6.17. The molecule has 1 atom stereocenters. The molecule has 0 aliphatic carbocycles. The van der Waals surface area contributed by atoms with Gasteiger partial charge >= 0.3 is 0 Å². The summed E-state index contributed by atoms with van der Waals surface area (Å²) in [7, 11) is 1.78. The zero-order valence-corrected chi connectivity index (χ0v) is 16.5. The van der Waals surface area contributed by atoms with Crippen molar-refractivity contribution in [2.75, 3.05) is 38.2 Å². The van der Waals surface area contributed by atoms with Crippen molar-refractivity contribution in [2.24, 2.45) is 0 Å². The number of aryl methyl sites for hydroxylation is 2. The smallest absolute Gasteiger partial charge is 0.107 e. The van der Waals surface area contributed by atoms with E-state index in [2.05, 4.69) is 73.0 Å². The fourth-order valence-electron chi connectivity index (χ4n) is 3.31. The average molecular weight is 357 g/mol. The lowest BCUT2D eigenvalue weighted by atomic mass is 10.2. The summed E-state index contributed by atoms with van der Waals surface area (Å²) < 4.78 is 5.46. The quantitative estimate of drug-likeness (QED) is 0.779. The third-order valence-electron chi connectivity index (χ3n) is 4.93. The van der Waals surface area contributed by atoms with Gasteiger partial charge in [-0.3, -0.25) is 4.90 Å². The van der Waals surface area contributed by atoms with Crippen LogP contribution in [0.25, 0.3) is 0 Å². The highest BCUT2D eigenvalue weighted by molar-refractivity contribution is 7.99. The van der Waals surface area contributed by atoms with E-state index >= 15 is 0 Å². The van der Waals surface area contributed by atoms with E-state index in [1.807, 2.05) is 11.8 Å². The maximum absolute atomic E-state index is 5.46. The number of para-hydroxylation sites is 1. The van der Waals surface area contributed by atoms with E-state index in [1.165, 1.54) is 26.6 Å². The van der Waals surface area contributed by atoms with Gasteiger partial charge in [0, 0.05) is 43.1 Å². The van der Waals surface area contributed by atoms with Gasteiger partial charge in [-0.25, -0.2) is 0 Å². The molecule has 0 amide bonds. The van der Waals surface area contributed by atoms with Gasteiger partial charge in [-0.1, -0.05) is 41.6 Å². The summed E-state index contributed by atoms with van der Waals surface area (Å²) in [6.45, 7) is 10.6. The molecular formula is C21H28N2OS. The van der Waals surface area contributed by atoms with E-state index in [4.69, 9.17) is 4.74 Å². The van der Waals surface area contributed by atoms with Crippen molar-refractivity contribution >= 4 is 17.4 Å². The molecule has 1 aliphatic rings. The Bertz CT molecular complexity index is 711. The first-order chi connectivity index (χ1) is 12.1. The predicted octanol–water partition coefficient (Wildman–Crippen LogP) is 4.57. The molecule has 0 radical (unpaired) electrons. The molecular weight excluding hydrogens is 328 g/mol. The largest absolute Gasteiger partial charge is 0.368 e. The SMILES string of the molecule is CO[C@@H](C)N1CCN(c2ccccc2Sc2ccc(C)cc2C)CC1. The molecule has 134 valence electrons. The van der Waals surface area contributed by atoms with Gasteiger partial charge in [0.05, 0.1) is 5.69 Å². The molecule has 2 aromatic carbocycles. The topological polar surface area (TPSA) is 15.7 Å². The summed E-state index contributed by atoms with van der Waals surface area (Å²) in [5, 5.41) is 0. The van der Waals surface area contributed by atoms with Crippen molar-refractivity contribution in [1.29, 1.82) is 0 Å². The number of nitrogens with zero attached hydrogens (tertiary/aromatic N) is 2. The van der Waals surface area contributed by atoms with Crippen LogP contribution in [-0.2, 0) is 4.74 Å². The summed E-state index contributed by atoms with van der Waals surface area (Å²) in [5.41, 5.74) is 4.01. The van der Waals surface area contributed by atoms with Gasteiger partial charge in [-0.2, -0.15) is 0 Å². The summed E-state index contributed by atoms with van der Waals surface area (Å²) in [6, 6.07) is 15.5. The van der Waals surface area contributed by atoms with E-state index in [9.17, 15) is 0 Å². The van der Waals surface area contributed by atoms with Crippen LogP contribution >= 0.6 is 11.8 Å². The Labute approximate surface area is 156 Å². The fourth-order valence-corrected chi connectivity index (χ4v) is 4.35. The van der Waals surface area contributed by atoms with Crippen LogP contribution in [-0.4, -0.2) is 44.4 Å². The zero-order chi connectivity index (χ0) is 17.8. The van der Waals surface area contributed by atoms with Crippen LogP contribution in [0.5, 0.6) is 0 Å². The zero-order valence-electron chi connectivity index (χ0n) is 15.7. The Kier molecular flexibility index (Phi) is 6.05. The van der Waals surface area contributed by atoms with E-state index in [1.54, 1.807) is 7.11 Å². The first kappa shape index (κ1) is 18.3.